The van der Waals surface area contributed by atoms with Gasteiger partial charge in [-0.1, -0.05) is 17.7 Å². The first-order valence-corrected chi connectivity index (χ1v) is 5.94. The van der Waals surface area contributed by atoms with Crippen molar-refractivity contribution in [3.8, 4) is 0 Å². The largest absolute Gasteiger partial charge is 0.320 e. The Hall–Kier alpha value is -1.81. The third kappa shape index (κ3) is 2.38. The molecular weight excluding hydrogens is 250 g/mol. The summed E-state index contributed by atoms with van der Waals surface area (Å²) in [5.74, 6) is -0.191. The van der Waals surface area contributed by atoms with E-state index in [1.165, 1.54) is 0 Å². The van der Waals surface area contributed by atoms with Crippen molar-refractivity contribution in [2.75, 3.05) is 5.32 Å². The molecule has 1 aromatic heterocycles. The molecule has 2 aromatic rings. The summed E-state index contributed by atoms with van der Waals surface area (Å²) < 4.78 is 1.56. The van der Waals surface area contributed by atoms with Crippen molar-refractivity contribution in [2.24, 2.45) is 7.05 Å². The molecule has 0 saturated heterocycles. The number of aryl methyl sites for hydroxylation is 2. The molecule has 1 N–H and O–H groups in total. The van der Waals surface area contributed by atoms with E-state index in [9.17, 15) is 4.79 Å². The molecule has 94 valence electrons. The Balaban J connectivity index is 2.27. The van der Waals surface area contributed by atoms with Crippen LogP contribution in [0.1, 0.15) is 21.7 Å². The van der Waals surface area contributed by atoms with Crippen molar-refractivity contribution in [1.29, 1.82) is 0 Å². The zero-order valence-corrected chi connectivity index (χ0v) is 11.2. The van der Waals surface area contributed by atoms with E-state index in [1.807, 2.05) is 19.9 Å². The topological polar surface area (TPSA) is 46.9 Å². The molecule has 1 heterocycles. The quantitative estimate of drug-likeness (QED) is 0.906. The Bertz CT molecular complexity index is 604. The predicted octanol–water partition coefficient (Wildman–Crippen LogP) is 2.94. The van der Waals surface area contributed by atoms with Crippen LogP contribution in [-0.2, 0) is 7.05 Å². The molecule has 18 heavy (non-hydrogen) atoms. The summed E-state index contributed by atoms with van der Waals surface area (Å²) in [6.07, 6.45) is 0. The molecule has 0 fully saturated rings. The second kappa shape index (κ2) is 4.82. The van der Waals surface area contributed by atoms with E-state index in [0.717, 1.165) is 11.3 Å². The second-order valence-corrected chi connectivity index (χ2v) is 4.57. The summed E-state index contributed by atoms with van der Waals surface area (Å²) >= 11 is 6.01. The Morgan fingerprint density at radius 1 is 1.39 bits per heavy atom. The summed E-state index contributed by atoms with van der Waals surface area (Å²) in [5, 5.41) is 7.61. The van der Waals surface area contributed by atoms with E-state index < -0.39 is 0 Å². The Morgan fingerprint density at radius 2 is 2.11 bits per heavy atom. The van der Waals surface area contributed by atoms with Gasteiger partial charge in [-0.15, -0.1) is 0 Å². The molecule has 2 rings (SSSR count). The summed E-state index contributed by atoms with van der Waals surface area (Å²) in [6, 6.07) is 7.16. The Labute approximate surface area is 111 Å². The van der Waals surface area contributed by atoms with Crippen LogP contribution in [0.4, 0.5) is 5.69 Å². The molecule has 0 saturated carbocycles. The lowest BCUT2D eigenvalue weighted by molar-refractivity contribution is 0.101. The smallest absolute Gasteiger partial charge is 0.273 e. The molecule has 0 radical (unpaired) electrons. The van der Waals surface area contributed by atoms with Gasteiger partial charge in [-0.2, -0.15) is 5.10 Å². The standard InChI is InChI=1S/C13H14ClN3O/c1-8-7-12(17(3)16-8)13(18)15-11-6-4-5-10(14)9(11)2/h4-7H,1-3H3,(H,15,18). The maximum absolute atomic E-state index is 12.1. The lowest BCUT2D eigenvalue weighted by Crippen LogP contribution is -2.16. The number of anilines is 1. The molecule has 1 amide bonds. The van der Waals surface area contributed by atoms with E-state index in [1.54, 1.807) is 29.9 Å². The molecule has 0 aliphatic rings. The van der Waals surface area contributed by atoms with Gasteiger partial charge >= 0.3 is 0 Å². The van der Waals surface area contributed by atoms with Crippen LogP contribution in [0.5, 0.6) is 0 Å². The van der Waals surface area contributed by atoms with Gasteiger partial charge in [-0.25, -0.2) is 0 Å². The number of rotatable bonds is 2. The van der Waals surface area contributed by atoms with E-state index in [4.69, 9.17) is 11.6 Å². The van der Waals surface area contributed by atoms with Gasteiger partial charge in [-0.3, -0.25) is 9.48 Å². The average molecular weight is 264 g/mol. The average Bonchev–Trinajstić information content (AvgIpc) is 2.64. The number of nitrogens with one attached hydrogen (secondary N) is 1. The van der Waals surface area contributed by atoms with Crippen LogP contribution in [0, 0.1) is 13.8 Å². The van der Waals surface area contributed by atoms with Gasteiger partial charge in [0.1, 0.15) is 5.69 Å². The minimum atomic E-state index is -0.191. The maximum atomic E-state index is 12.1. The number of carbonyl (C=O) groups is 1. The van der Waals surface area contributed by atoms with Crippen molar-refractivity contribution < 1.29 is 4.79 Å². The second-order valence-electron chi connectivity index (χ2n) is 4.16. The van der Waals surface area contributed by atoms with Crippen LogP contribution < -0.4 is 5.32 Å². The predicted molar refractivity (Wildman–Crippen MR) is 72.1 cm³/mol. The number of carbonyl (C=O) groups excluding carboxylic acids is 1. The normalized spacial score (nSPS) is 10.4. The van der Waals surface area contributed by atoms with Gasteiger partial charge in [0.05, 0.1) is 5.69 Å². The van der Waals surface area contributed by atoms with E-state index in [0.29, 0.717) is 16.4 Å². The number of amides is 1. The number of hydrogen-bond acceptors (Lipinski definition) is 2. The minimum absolute atomic E-state index is 0.191. The van der Waals surface area contributed by atoms with Crippen LogP contribution in [0.15, 0.2) is 24.3 Å². The van der Waals surface area contributed by atoms with Crippen LogP contribution in [0.3, 0.4) is 0 Å². The highest BCUT2D eigenvalue weighted by molar-refractivity contribution is 6.31. The minimum Gasteiger partial charge on any atom is -0.320 e. The number of aromatic nitrogens is 2. The zero-order chi connectivity index (χ0) is 13.3. The number of benzene rings is 1. The lowest BCUT2D eigenvalue weighted by Gasteiger charge is -2.09. The molecule has 0 aliphatic carbocycles. The van der Waals surface area contributed by atoms with Gasteiger partial charge in [0.15, 0.2) is 0 Å². The van der Waals surface area contributed by atoms with Crippen LogP contribution >= 0.6 is 11.6 Å². The Kier molecular flexibility index (Phi) is 3.39. The van der Waals surface area contributed by atoms with E-state index in [-0.39, 0.29) is 5.91 Å². The highest BCUT2D eigenvalue weighted by Crippen LogP contribution is 2.23. The molecule has 0 unspecified atom stereocenters. The lowest BCUT2D eigenvalue weighted by atomic mass is 10.2. The highest BCUT2D eigenvalue weighted by atomic mass is 35.5. The van der Waals surface area contributed by atoms with Crippen LogP contribution in [0.25, 0.3) is 0 Å². The van der Waals surface area contributed by atoms with Crippen molar-refractivity contribution in [3.05, 3.63) is 46.2 Å². The fourth-order valence-electron chi connectivity index (χ4n) is 1.75. The van der Waals surface area contributed by atoms with Crippen LogP contribution in [-0.4, -0.2) is 15.7 Å². The van der Waals surface area contributed by atoms with Crippen molar-refractivity contribution in [2.45, 2.75) is 13.8 Å². The van der Waals surface area contributed by atoms with Crippen LogP contribution in [0.2, 0.25) is 5.02 Å². The first-order valence-electron chi connectivity index (χ1n) is 5.56. The maximum Gasteiger partial charge on any atom is 0.273 e. The first kappa shape index (κ1) is 12.6. The van der Waals surface area contributed by atoms with Crippen molar-refractivity contribution in [3.63, 3.8) is 0 Å². The molecule has 0 spiro atoms. The summed E-state index contributed by atoms with van der Waals surface area (Å²) in [5.41, 5.74) is 2.90. The molecule has 0 aliphatic heterocycles. The summed E-state index contributed by atoms with van der Waals surface area (Å²) in [4.78, 5) is 12.1. The number of nitrogens with zero attached hydrogens (tertiary/aromatic N) is 2. The SMILES string of the molecule is Cc1cc(C(=O)Nc2cccc(Cl)c2C)n(C)n1. The summed E-state index contributed by atoms with van der Waals surface area (Å²) in [7, 11) is 1.74. The molecule has 5 heteroatoms. The van der Waals surface area contributed by atoms with Crippen molar-refractivity contribution >= 4 is 23.2 Å². The molecule has 4 nitrogen and oxygen atoms in total. The number of hydrogen-bond donors (Lipinski definition) is 1. The third-order valence-corrected chi connectivity index (χ3v) is 3.16. The molecular formula is C13H14ClN3O. The van der Waals surface area contributed by atoms with Crippen molar-refractivity contribution in [1.82, 2.24) is 9.78 Å². The summed E-state index contributed by atoms with van der Waals surface area (Å²) in [6.45, 7) is 3.72. The monoisotopic (exact) mass is 263 g/mol. The molecule has 0 bridgehead atoms. The molecule has 0 atom stereocenters. The van der Waals surface area contributed by atoms with Gasteiger partial charge in [-0.05, 0) is 37.6 Å². The third-order valence-electron chi connectivity index (χ3n) is 2.75. The van der Waals surface area contributed by atoms with Gasteiger partial charge in [0, 0.05) is 17.8 Å². The van der Waals surface area contributed by atoms with E-state index >= 15 is 0 Å². The number of halogens is 1. The van der Waals surface area contributed by atoms with Gasteiger partial charge in [0.25, 0.3) is 5.91 Å². The Morgan fingerprint density at radius 3 is 2.72 bits per heavy atom. The fourth-order valence-corrected chi connectivity index (χ4v) is 1.93. The fraction of sp³-hybridized carbons (Fsp3) is 0.231. The van der Waals surface area contributed by atoms with Gasteiger partial charge < -0.3 is 5.32 Å². The van der Waals surface area contributed by atoms with Gasteiger partial charge in [0.2, 0.25) is 0 Å². The molecule has 1 aromatic carbocycles. The van der Waals surface area contributed by atoms with E-state index in [2.05, 4.69) is 10.4 Å². The first-order chi connectivity index (χ1) is 8.49. The zero-order valence-electron chi connectivity index (χ0n) is 10.5. The highest BCUT2D eigenvalue weighted by Gasteiger charge is 2.13.